The average Bonchev–Trinajstić information content (AvgIpc) is 3.14. The van der Waals surface area contributed by atoms with Crippen LogP contribution in [0.25, 0.3) is 0 Å². The van der Waals surface area contributed by atoms with Crippen LogP contribution in [-0.4, -0.2) is 25.5 Å². The molecule has 0 saturated carbocycles. The van der Waals surface area contributed by atoms with Gasteiger partial charge >= 0.3 is 0 Å². The van der Waals surface area contributed by atoms with E-state index in [-0.39, 0.29) is 18.1 Å². The Morgan fingerprint density at radius 2 is 1.96 bits per heavy atom. The van der Waals surface area contributed by atoms with E-state index in [9.17, 15) is 9.18 Å². The summed E-state index contributed by atoms with van der Waals surface area (Å²) in [5.74, 6) is -0.171. The molecule has 0 atom stereocenters. The minimum atomic E-state index is -0.289. The van der Waals surface area contributed by atoms with E-state index in [0.717, 1.165) is 11.3 Å². The molecule has 0 aliphatic rings. The molecule has 0 bridgehead atoms. The van der Waals surface area contributed by atoms with Crippen LogP contribution in [0.1, 0.15) is 17.7 Å². The first-order valence-electron chi connectivity index (χ1n) is 7.77. The van der Waals surface area contributed by atoms with E-state index in [1.807, 2.05) is 19.2 Å². The number of hydrogen-bond acceptors (Lipinski definition) is 3. The topological polar surface area (TPSA) is 64.7 Å². The molecule has 2 heterocycles. The summed E-state index contributed by atoms with van der Waals surface area (Å²) in [4.78, 5) is 12.0. The van der Waals surface area contributed by atoms with Gasteiger partial charge in [0.15, 0.2) is 5.82 Å². The molecule has 0 spiro atoms. The van der Waals surface area contributed by atoms with Crippen molar-refractivity contribution in [3.8, 4) is 0 Å². The molecule has 25 heavy (non-hydrogen) atoms. The zero-order valence-electron chi connectivity index (χ0n) is 13.6. The number of hydrogen-bond donors (Lipinski definition) is 1. The summed E-state index contributed by atoms with van der Waals surface area (Å²) in [7, 11) is 0. The van der Waals surface area contributed by atoms with Gasteiger partial charge in [0.2, 0.25) is 5.91 Å². The lowest BCUT2D eigenvalue weighted by molar-refractivity contribution is -0.116. The Balaban J connectivity index is 1.58. The number of anilines is 1. The molecular formula is C17H17ClFN5O. The smallest absolute Gasteiger partial charge is 0.227 e. The molecule has 2 aromatic heterocycles. The van der Waals surface area contributed by atoms with Crippen molar-refractivity contribution in [2.24, 2.45) is 0 Å². The Bertz CT molecular complexity index is 872. The summed E-state index contributed by atoms with van der Waals surface area (Å²) in [6, 6.07) is 8.01. The number of aromatic nitrogens is 4. The number of aryl methyl sites for hydroxylation is 2. The largest absolute Gasteiger partial charge is 0.308 e. The Kier molecular flexibility index (Phi) is 5.14. The zero-order chi connectivity index (χ0) is 17.8. The zero-order valence-corrected chi connectivity index (χ0v) is 14.4. The maximum Gasteiger partial charge on any atom is 0.227 e. The van der Waals surface area contributed by atoms with Crippen LogP contribution in [0.5, 0.6) is 0 Å². The second-order valence-electron chi connectivity index (χ2n) is 5.67. The monoisotopic (exact) mass is 361 g/mol. The van der Waals surface area contributed by atoms with Crippen LogP contribution in [0.4, 0.5) is 10.2 Å². The molecule has 3 aromatic rings. The van der Waals surface area contributed by atoms with Crippen molar-refractivity contribution in [2.75, 3.05) is 5.32 Å². The molecule has 8 heteroatoms. The van der Waals surface area contributed by atoms with Crippen molar-refractivity contribution in [3.05, 3.63) is 64.8 Å². The van der Waals surface area contributed by atoms with E-state index in [1.165, 1.54) is 12.1 Å². The van der Waals surface area contributed by atoms with E-state index in [1.54, 1.807) is 27.7 Å². The van der Waals surface area contributed by atoms with Gasteiger partial charge in [-0.1, -0.05) is 23.7 Å². The average molecular weight is 362 g/mol. The molecule has 130 valence electrons. The predicted octanol–water partition coefficient (Wildman–Crippen LogP) is 3.26. The van der Waals surface area contributed by atoms with Gasteiger partial charge in [-0.15, -0.1) is 0 Å². The van der Waals surface area contributed by atoms with E-state index < -0.39 is 0 Å². The van der Waals surface area contributed by atoms with Crippen LogP contribution in [0.15, 0.2) is 42.7 Å². The van der Waals surface area contributed by atoms with Gasteiger partial charge in [-0.2, -0.15) is 10.2 Å². The second-order valence-corrected chi connectivity index (χ2v) is 6.08. The fourth-order valence-corrected chi connectivity index (χ4v) is 2.54. The van der Waals surface area contributed by atoms with Crippen LogP contribution in [0, 0.1) is 12.7 Å². The molecule has 0 unspecified atom stereocenters. The quantitative estimate of drug-likeness (QED) is 0.733. The molecule has 0 radical (unpaired) electrons. The Morgan fingerprint density at radius 1 is 1.20 bits per heavy atom. The fraction of sp³-hybridized carbons (Fsp3) is 0.235. The highest BCUT2D eigenvalue weighted by atomic mass is 35.5. The van der Waals surface area contributed by atoms with Crippen LogP contribution < -0.4 is 5.32 Å². The van der Waals surface area contributed by atoms with Crippen molar-refractivity contribution in [1.29, 1.82) is 0 Å². The third-order valence-electron chi connectivity index (χ3n) is 3.57. The number of amides is 1. The minimum Gasteiger partial charge on any atom is -0.308 e. The highest BCUT2D eigenvalue weighted by Crippen LogP contribution is 2.20. The summed E-state index contributed by atoms with van der Waals surface area (Å²) in [5.41, 5.74) is 1.79. The number of carbonyl (C=O) groups is 1. The highest BCUT2D eigenvalue weighted by Gasteiger charge is 2.11. The predicted molar refractivity (Wildman–Crippen MR) is 92.9 cm³/mol. The summed E-state index contributed by atoms with van der Waals surface area (Å²) < 4.78 is 16.2. The van der Waals surface area contributed by atoms with Gasteiger partial charge in [0, 0.05) is 25.4 Å². The lowest BCUT2D eigenvalue weighted by Gasteiger charge is -2.04. The highest BCUT2D eigenvalue weighted by molar-refractivity contribution is 6.33. The number of nitrogens with one attached hydrogen (secondary N) is 1. The van der Waals surface area contributed by atoms with Gasteiger partial charge in [-0.3, -0.25) is 14.2 Å². The van der Waals surface area contributed by atoms with Gasteiger partial charge in [-0.25, -0.2) is 4.39 Å². The van der Waals surface area contributed by atoms with Crippen LogP contribution in [-0.2, 0) is 17.9 Å². The standard InChI is InChI=1S/C17H17ClFN5O/c1-12-6-8-23(21-12)9-7-16(25)20-17-15(18)11-24(22-17)10-13-2-4-14(19)5-3-13/h2-6,8,11H,7,9-10H2,1H3,(H,20,22,25). The van der Waals surface area contributed by atoms with Crippen LogP contribution in [0.3, 0.4) is 0 Å². The first-order chi connectivity index (χ1) is 12.0. The minimum absolute atomic E-state index is 0.193. The van der Waals surface area contributed by atoms with Crippen molar-refractivity contribution in [1.82, 2.24) is 19.6 Å². The van der Waals surface area contributed by atoms with Crippen LogP contribution in [0.2, 0.25) is 5.02 Å². The Hall–Kier alpha value is -2.67. The number of benzene rings is 1. The fourth-order valence-electron chi connectivity index (χ4n) is 2.34. The summed E-state index contributed by atoms with van der Waals surface area (Å²) in [6.07, 6.45) is 3.71. The van der Waals surface area contributed by atoms with Gasteiger partial charge in [-0.05, 0) is 30.7 Å². The van der Waals surface area contributed by atoms with E-state index in [4.69, 9.17) is 11.6 Å². The number of halogens is 2. The normalized spacial score (nSPS) is 10.8. The first kappa shape index (κ1) is 17.2. The van der Waals surface area contributed by atoms with E-state index in [0.29, 0.717) is 23.9 Å². The molecule has 1 amide bonds. The van der Waals surface area contributed by atoms with Crippen molar-refractivity contribution in [2.45, 2.75) is 26.4 Å². The second kappa shape index (κ2) is 7.48. The van der Waals surface area contributed by atoms with Gasteiger partial charge in [0.1, 0.15) is 10.8 Å². The SMILES string of the molecule is Cc1ccn(CCC(=O)Nc2nn(Cc3ccc(F)cc3)cc2Cl)n1. The molecule has 1 aromatic carbocycles. The van der Waals surface area contributed by atoms with Gasteiger partial charge in [0.05, 0.1) is 12.2 Å². The lowest BCUT2D eigenvalue weighted by atomic mass is 10.2. The van der Waals surface area contributed by atoms with Gasteiger partial charge in [0.25, 0.3) is 0 Å². The lowest BCUT2D eigenvalue weighted by Crippen LogP contribution is -2.15. The molecule has 0 saturated heterocycles. The van der Waals surface area contributed by atoms with Crippen molar-refractivity contribution in [3.63, 3.8) is 0 Å². The maximum absolute atomic E-state index is 12.9. The Labute approximate surface area is 149 Å². The molecule has 3 rings (SSSR count). The molecule has 0 aliphatic carbocycles. The summed E-state index contributed by atoms with van der Waals surface area (Å²) in [5, 5.41) is 11.5. The number of nitrogens with zero attached hydrogens (tertiary/aromatic N) is 4. The molecule has 0 fully saturated rings. The third kappa shape index (κ3) is 4.67. The first-order valence-corrected chi connectivity index (χ1v) is 8.15. The third-order valence-corrected chi connectivity index (χ3v) is 3.85. The summed E-state index contributed by atoms with van der Waals surface area (Å²) >= 11 is 6.13. The molecule has 6 nitrogen and oxygen atoms in total. The summed E-state index contributed by atoms with van der Waals surface area (Å²) in [6.45, 7) is 2.81. The van der Waals surface area contributed by atoms with E-state index >= 15 is 0 Å². The molecule has 0 aliphatic heterocycles. The number of rotatable bonds is 6. The maximum atomic E-state index is 12.9. The molecule has 1 N–H and O–H groups in total. The van der Waals surface area contributed by atoms with Crippen molar-refractivity contribution >= 4 is 23.3 Å². The van der Waals surface area contributed by atoms with E-state index in [2.05, 4.69) is 15.5 Å². The van der Waals surface area contributed by atoms with Crippen LogP contribution >= 0.6 is 11.6 Å². The number of carbonyl (C=O) groups excluding carboxylic acids is 1. The Morgan fingerprint density at radius 3 is 2.64 bits per heavy atom. The van der Waals surface area contributed by atoms with Crippen molar-refractivity contribution < 1.29 is 9.18 Å². The van der Waals surface area contributed by atoms with Gasteiger partial charge < -0.3 is 5.32 Å². The molecular weight excluding hydrogens is 345 g/mol.